The van der Waals surface area contributed by atoms with Crippen molar-refractivity contribution in [2.75, 3.05) is 13.1 Å². The summed E-state index contributed by atoms with van der Waals surface area (Å²) in [6, 6.07) is 4.75. The number of benzene rings is 1. The van der Waals surface area contributed by atoms with Crippen LogP contribution in [0.1, 0.15) is 12.0 Å². The molecule has 1 amide bonds. The van der Waals surface area contributed by atoms with Crippen LogP contribution in [-0.2, 0) is 11.3 Å². The molecule has 2 N–H and O–H groups in total. The molecule has 6 nitrogen and oxygen atoms in total. The molecule has 0 aromatic heterocycles. The first-order valence-electron chi connectivity index (χ1n) is 5.92. The largest absolute Gasteiger partial charge is 0.369 e. The second-order valence-electron chi connectivity index (χ2n) is 4.67. The molecule has 0 spiro atoms. The van der Waals surface area contributed by atoms with Gasteiger partial charge in [0, 0.05) is 19.2 Å². The van der Waals surface area contributed by atoms with Crippen molar-refractivity contribution in [2.24, 2.45) is 11.7 Å². The number of nitro groups is 1. The van der Waals surface area contributed by atoms with Crippen LogP contribution in [0, 0.1) is 16.0 Å². The van der Waals surface area contributed by atoms with E-state index in [4.69, 9.17) is 17.3 Å². The van der Waals surface area contributed by atoms with Crippen LogP contribution in [0.3, 0.4) is 0 Å². The highest BCUT2D eigenvalue weighted by molar-refractivity contribution is 6.32. The van der Waals surface area contributed by atoms with Crippen LogP contribution in [0.5, 0.6) is 0 Å². The molecule has 1 aliphatic heterocycles. The molecule has 1 atom stereocenters. The van der Waals surface area contributed by atoms with E-state index >= 15 is 0 Å². The van der Waals surface area contributed by atoms with Crippen LogP contribution in [-0.4, -0.2) is 28.8 Å². The molecule has 1 heterocycles. The molecule has 1 saturated heterocycles. The van der Waals surface area contributed by atoms with E-state index in [1.807, 2.05) is 0 Å². The van der Waals surface area contributed by atoms with Gasteiger partial charge >= 0.3 is 0 Å². The van der Waals surface area contributed by atoms with E-state index in [1.54, 1.807) is 6.07 Å². The zero-order valence-corrected chi connectivity index (χ0v) is 11.0. The van der Waals surface area contributed by atoms with Gasteiger partial charge in [0.05, 0.1) is 10.8 Å². The summed E-state index contributed by atoms with van der Waals surface area (Å²) in [6.45, 7) is 1.93. The van der Waals surface area contributed by atoms with Gasteiger partial charge in [-0.2, -0.15) is 0 Å². The van der Waals surface area contributed by atoms with Crippen molar-refractivity contribution in [1.29, 1.82) is 0 Å². The Labute approximate surface area is 115 Å². The molecular weight excluding hydrogens is 270 g/mol. The van der Waals surface area contributed by atoms with Gasteiger partial charge in [0.2, 0.25) is 5.91 Å². The minimum atomic E-state index is -0.498. The Morgan fingerprint density at radius 2 is 2.32 bits per heavy atom. The van der Waals surface area contributed by atoms with Crippen LogP contribution >= 0.6 is 11.6 Å². The van der Waals surface area contributed by atoms with E-state index in [9.17, 15) is 14.9 Å². The van der Waals surface area contributed by atoms with Gasteiger partial charge in [-0.25, -0.2) is 0 Å². The number of carbonyl (C=O) groups excluding carboxylic acids is 1. The van der Waals surface area contributed by atoms with Crippen LogP contribution in [0.15, 0.2) is 18.2 Å². The van der Waals surface area contributed by atoms with Crippen molar-refractivity contribution in [1.82, 2.24) is 4.90 Å². The predicted molar refractivity (Wildman–Crippen MR) is 70.7 cm³/mol. The van der Waals surface area contributed by atoms with E-state index in [0.29, 0.717) is 13.1 Å². The number of halogens is 1. The highest BCUT2D eigenvalue weighted by Gasteiger charge is 2.26. The summed E-state index contributed by atoms with van der Waals surface area (Å²) in [5, 5.41) is 10.9. The number of hydrogen-bond donors (Lipinski definition) is 1. The van der Waals surface area contributed by atoms with Crippen LogP contribution in [0.25, 0.3) is 0 Å². The number of hydrogen-bond acceptors (Lipinski definition) is 4. The Kier molecular flexibility index (Phi) is 4.01. The van der Waals surface area contributed by atoms with Crippen LogP contribution in [0.4, 0.5) is 5.69 Å². The number of carbonyl (C=O) groups is 1. The summed E-state index contributed by atoms with van der Waals surface area (Å²) < 4.78 is 0. The molecule has 1 aromatic rings. The van der Waals surface area contributed by atoms with Gasteiger partial charge in [0.1, 0.15) is 5.02 Å². The van der Waals surface area contributed by atoms with E-state index in [1.165, 1.54) is 12.1 Å². The number of nitrogens with zero attached hydrogens (tertiary/aromatic N) is 2. The molecule has 0 saturated carbocycles. The Hall–Kier alpha value is -1.66. The standard InChI is InChI=1S/C12H14ClN3O3/c13-10-2-1-8(5-11(10)16(18)19)6-15-4-3-9(7-15)12(14)17/h1-2,5,9H,3-4,6-7H2,(H2,14,17). The molecule has 102 valence electrons. The maximum atomic E-state index is 11.1. The summed E-state index contributed by atoms with van der Waals surface area (Å²) in [6.07, 6.45) is 0.741. The lowest BCUT2D eigenvalue weighted by Gasteiger charge is -2.15. The predicted octanol–water partition coefficient (Wildman–Crippen LogP) is 1.56. The summed E-state index contributed by atoms with van der Waals surface area (Å²) in [4.78, 5) is 23.4. The Bertz CT molecular complexity index is 521. The fourth-order valence-corrected chi connectivity index (χ4v) is 2.45. The summed E-state index contributed by atoms with van der Waals surface area (Å²) in [5.41, 5.74) is 5.98. The van der Waals surface area contributed by atoms with Gasteiger partial charge in [0.25, 0.3) is 5.69 Å². The molecule has 19 heavy (non-hydrogen) atoms. The molecule has 1 unspecified atom stereocenters. The fourth-order valence-electron chi connectivity index (χ4n) is 2.26. The van der Waals surface area contributed by atoms with E-state index in [0.717, 1.165) is 18.5 Å². The molecule has 1 aliphatic rings. The van der Waals surface area contributed by atoms with Crippen LogP contribution in [0.2, 0.25) is 5.02 Å². The van der Waals surface area contributed by atoms with E-state index < -0.39 is 4.92 Å². The lowest BCUT2D eigenvalue weighted by Crippen LogP contribution is -2.27. The fraction of sp³-hybridized carbons (Fsp3) is 0.417. The van der Waals surface area contributed by atoms with Crippen molar-refractivity contribution in [3.63, 3.8) is 0 Å². The molecule has 1 fully saturated rings. The molecule has 0 radical (unpaired) electrons. The monoisotopic (exact) mass is 283 g/mol. The second kappa shape index (κ2) is 5.54. The van der Waals surface area contributed by atoms with Crippen molar-refractivity contribution in [3.8, 4) is 0 Å². The van der Waals surface area contributed by atoms with Gasteiger partial charge < -0.3 is 5.73 Å². The first-order chi connectivity index (χ1) is 8.97. The van der Waals surface area contributed by atoms with Crippen molar-refractivity contribution in [2.45, 2.75) is 13.0 Å². The molecular formula is C12H14ClN3O3. The van der Waals surface area contributed by atoms with Crippen LogP contribution < -0.4 is 5.73 Å². The summed E-state index contributed by atoms with van der Waals surface area (Å²) in [7, 11) is 0. The third-order valence-electron chi connectivity index (χ3n) is 3.29. The maximum absolute atomic E-state index is 11.1. The SMILES string of the molecule is NC(=O)C1CCN(Cc2ccc(Cl)c([N+](=O)[O-])c2)C1. The number of nitrogens with two attached hydrogens (primary N) is 1. The quantitative estimate of drug-likeness (QED) is 0.671. The molecule has 7 heteroatoms. The number of amides is 1. The maximum Gasteiger partial charge on any atom is 0.288 e. The third-order valence-corrected chi connectivity index (χ3v) is 3.61. The van der Waals surface area contributed by atoms with Gasteiger partial charge in [-0.3, -0.25) is 19.8 Å². The summed E-state index contributed by atoms with van der Waals surface area (Å²) >= 11 is 5.76. The van der Waals surface area contributed by atoms with Gasteiger partial charge in [-0.1, -0.05) is 17.7 Å². The van der Waals surface area contributed by atoms with Gasteiger partial charge in [-0.15, -0.1) is 0 Å². The zero-order chi connectivity index (χ0) is 14.0. The Morgan fingerprint density at radius 3 is 2.89 bits per heavy atom. The number of rotatable bonds is 4. The van der Waals surface area contributed by atoms with Gasteiger partial charge in [-0.05, 0) is 24.6 Å². The van der Waals surface area contributed by atoms with Crippen molar-refractivity contribution in [3.05, 3.63) is 38.9 Å². The topological polar surface area (TPSA) is 89.5 Å². The summed E-state index contributed by atoms with van der Waals surface area (Å²) in [5.74, 6) is -0.410. The second-order valence-corrected chi connectivity index (χ2v) is 5.07. The highest BCUT2D eigenvalue weighted by atomic mass is 35.5. The van der Waals surface area contributed by atoms with Gasteiger partial charge in [0.15, 0.2) is 0 Å². The zero-order valence-electron chi connectivity index (χ0n) is 10.2. The van der Waals surface area contributed by atoms with Crippen molar-refractivity contribution >= 4 is 23.2 Å². The minimum Gasteiger partial charge on any atom is -0.369 e. The first-order valence-corrected chi connectivity index (χ1v) is 6.29. The Balaban J connectivity index is 2.06. The molecule has 0 aliphatic carbocycles. The number of primary amides is 1. The third kappa shape index (κ3) is 3.21. The normalized spacial score (nSPS) is 19.5. The average Bonchev–Trinajstić information content (AvgIpc) is 2.80. The highest BCUT2D eigenvalue weighted by Crippen LogP contribution is 2.26. The average molecular weight is 284 g/mol. The van der Waals surface area contributed by atoms with Crippen molar-refractivity contribution < 1.29 is 9.72 Å². The Morgan fingerprint density at radius 1 is 1.58 bits per heavy atom. The van der Waals surface area contributed by atoms with E-state index in [2.05, 4.69) is 4.90 Å². The molecule has 1 aromatic carbocycles. The van der Waals surface area contributed by atoms with E-state index in [-0.39, 0.29) is 22.5 Å². The molecule has 2 rings (SSSR count). The number of likely N-dealkylation sites (tertiary alicyclic amines) is 1. The first kappa shape index (κ1) is 13.8. The molecule has 0 bridgehead atoms. The smallest absolute Gasteiger partial charge is 0.288 e. The number of nitro benzene ring substituents is 1. The lowest BCUT2D eigenvalue weighted by molar-refractivity contribution is -0.384. The lowest BCUT2D eigenvalue weighted by atomic mass is 10.1. The minimum absolute atomic E-state index is 0.0928.